The molecule has 0 aliphatic rings. The van der Waals surface area contributed by atoms with E-state index < -0.39 is 0 Å². The van der Waals surface area contributed by atoms with Crippen LogP contribution in [0.4, 0.5) is 5.13 Å². The second kappa shape index (κ2) is 9.23. The number of hydrogen-bond donors (Lipinski definition) is 1. The molecule has 1 heterocycles. The van der Waals surface area contributed by atoms with Crippen molar-refractivity contribution in [3.8, 4) is 28.5 Å². The number of thiazole rings is 1. The highest BCUT2D eigenvalue weighted by Gasteiger charge is 2.10. The fourth-order valence-electron chi connectivity index (χ4n) is 2.68. The maximum Gasteiger partial charge on any atom is 0.204 e. The van der Waals surface area contributed by atoms with Gasteiger partial charge in [0.1, 0.15) is 5.75 Å². The van der Waals surface area contributed by atoms with Gasteiger partial charge in [-0.3, -0.25) is 5.43 Å². The van der Waals surface area contributed by atoms with Gasteiger partial charge in [0.2, 0.25) is 5.13 Å². The smallest absolute Gasteiger partial charge is 0.204 e. The summed E-state index contributed by atoms with van der Waals surface area (Å²) in [6.07, 6.45) is 1.72. The number of aryl methyl sites for hydroxylation is 1. The lowest BCUT2D eigenvalue weighted by Gasteiger charge is -2.07. The van der Waals surface area contributed by atoms with Crippen LogP contribution in [0.25, 0.3) is 11.3 Å². The average molecular weight is 398 g/mol. The number of aromatic nitrogens is 1. The summed E-state index contributed by atoms with van der Waals surface area (Å²) in [5, 5.41) is 5.02. The van der Waals surface area contributed by atoms with Gasteiger partial charge < -0.3 is 14.2 Å². The third-order valence-corrected chi connectivity index (χ3v) is 4.89. The highest BCUT2D eigenvalue weighted by Crippen LogP contribution is 2.31. The molecule has 0 amide bonds. The standard InChI is InChI=1S/C21H23N3O3S/c1-5-27-17-9-7-16(8-10-17)20-14(2)28-21(23-20)24-22-13-15-6-11-18(25-3)19(12-15)26-4/h6-13H,5H2,1-4H3,(H,23,24)/b22-13+. The number of methoxy groups -OCH3 is 2. The third-order valence-electron chi connectivity index (χ3n) is 4.02. The molecule has 1 aromatic heterocycles. The van der Waals surface area contributed by atoms with Gasteiger partial charge in [-0.25, -0.2) is 4.98 Å². The first-order valence-corrected chi connectivity index (χ1v) is 9.68. The average Bonchev–Trinajstić information content (AvgIpc) is 3.09. The zero-order valence-electron chi connectivity index (χ0n) is 16.4. The zero-order chi connectivity index (χ0) is 19.9. The summed E-state index contributed by atoms with van der Waals surface area (Å²) >= 11 is 1.56. The lowest BCUT2D eigenvalue weighted by atomic mass is 10.1. The molecule has 0 saturated heterocycles. The number of anilines is 1. The number of nitrogens with zero attached hydrogens (tertiary/aromatic N) is 2. The summed E-state index contributed by atoms with van der Waals surface area (Å²) in [5.74, 6) is 2.20. The molecule has 0 saturated carbocycles. The van der Waals surface area contributed by atoms with Crippen molar-refractivity contribution in [2.24, 2.45) is 5.10 Å². The molecule has 0 aliphatic carbocycles. The van der Waals surface area contributed by atoms with Crippen LogP contribution in [0, 0.1) is 6.92 Å². The van der Waals surface area contributed by atoms with Gasteiger partial charge >= 0.3 is 0 Å². The van der Waals surface area contributed by atoms with Crippen LogP contribution in [-0.2, 0) is 0 Å². The van der Waals surface area contributed by atoms with Crippen LogP contribution in [0.2, 0.25) is 0 Å². The number of hydrogen-bond acceptors (Lipinski definition) is 7. The van der Waals surface area contributed by atoms with E-state index in [9.17, 15) is 0 Å². The van der Waals surface area contributed by atoms with E-state index >= 15 is 0 Å². The number of nitrogens with one attached hydrogen (secondary N) is 1. The van der Waals surface area contributed by atoms with Crippen molar-refractivity contribution in [2.75, 3.05) is 26.3 Å². The molecule has 0 radical (unpaired) electrons. The zero-order valence-corrected chi connectivity index (χ0v) is 17.2. The van der Waals surface area contributed by atoms with Gasteiger partial charge in [0.05, 0.1) is 32.7 Å². The van der Waals surface area contributed by atoms with Gasteiger partial charge in [0.25, 0.3) is 0 Å². The summed E-state index contributed by atoms with van der Waals surface area (Å²) in [6.45, 7) is 4.67. The van der Waals surface area contributed by atoms with Gasteiger partial charge in [-0.15, -0.1) is 11.3 Å². The summed E-state index contributed by atoms with van der Waals surface area (Å²) in [7, 11) is 3.22. The molecular formula is C21H23N3O3S. The summed E-state index contributed by atoms with van der Waals surface area (Å²) in [6, 6.07) is 13.6. The van der Waals surface area contributed by atoms with E-state index in [2.05, 4.69) is 15.5 Å². The second-order valence-electron chi connectivity index (χ2n) is 5.87. The fraction of sp³-hybridized carbons (Fsp3) is 0.238. The highest BCUT2D eigenvalue weighted by atomic mass is 32.1. The Morgan fingerprint density at radius 3 is 2.50 bits per heavy atom. The first kappa shape index (κ1) is 19.7. The normalized spacial score (nSPS) is 10.9. The first-order chi connectivity index (χ1) is 13.6. The molecule has 146 valence electrons. The minimum absolute atomic E-state index is 0.654. The number of hydrazone groups is 1. The van der Waals surface area contributed by atoms with Crippen LogP contribution < -0.4 is 19.6 Å². The molecular weight excluding hydrogens is 374 g/mol. The Balaban J connectivity index is 1.70. The topological polar surface area (TPSA) is 65.0 Å². The molecule has 0 bridgehead atoms. The predicted octanol–water partition coefficient (Wildman–Crippen LogP) is 4.98. The van der Waals surface area contributed by atoms with E-state index in [1.807, 2.05) is 56.3 Å². The maximum atomic E-state index is 5.49. The minimum Gasteiger partial charge on any atom is -0.494 e. The van der Waals surface area contributed by atoms with E-state index in [1.54, 1.807) is 31.8 Å². The van der Waals surface area contributed by atoms with Crippen LogP contribution in [0.5, 0.6) is 17.2 Å². The van der Waals surface area contributed by atoms with Crippen molar-refractivity contribution in [1.82, 2.24) is 4.98 Å². The number of ether oxygens (including phenoxy) is 3. The lowest BCUT2D eigenvalue weighted by Crippen LogP contribution is -1.94. The monoisotopic (exact) mass is 397 g/mol. The minimum atomic E-state index is 0.654. The largest absolute Gasteiger partial charge is 0.494 e. The van der Waals surface area contributed by atoms with Crippen LogP contribution in [0.15, 0.2) is 47.6 Å². The molecule has 3 aromatic rings. The summed E-state index contributed by atoms with van der Waals surface area (Å²) < 4.78 is 16.0. The van der Waals surface area contributed by atoms with Gasteiger partial charge in [0, 0.05) is 10.4 Å². The molecule has 0 fully saturated rings. The van der Waals surface area contributed by atoms with E-state index in [1.165, 1.54) is 0 Å². The van der Waals surface area contributed by atoms with Crippen LogP contribution >= 0.6 is 11.3 Å². The molecule has 6 nitrogen and oxygen atoms in total. The Morgan fingerprint density at radius 2 is 1.82 bits per heavy atom. The molecule has 0 atom stereocenters. The summed E-state index contributed by atoms with van der Waals surface area (Å²) in [5.41, 5.74) is 5.89. The molecule has 0 unspecified atom stereocenters. The van der Waals surface area contributed by atoms with E-state index in [4.69, 9.17) is 14.2 Å². The predicted molar refractivity (Wildman–Crippen MR) is 114 cm³/mol. The Labute approximate surface area is 168 Å². The van der Waals surface area contributed by atoms with Crippen molar-refractivity contribution < 1.29 is 14.2 Å². The summed E-state index contributed by atoms with van der Waals surface area (Å²) in [4.78, 5) is 5.77. The maximum absolute atomic E-state index is 5.49. The van der Waals surface area contributed by atoms with Crippen molar-refractivity contribution in [1.29, 1.82) is 0 Å². The van der Waals surface area contributed by atoms with E-state index in [0.29, 0.717) is 18.1 Å². The Morgan fingerprint density at radius 1 is 1.07 bits per heavy atom. The van der Waals surface area contributed by atoms with E-state index in [0.717, 1.165) is 32.6 Å². The van der Waals surface area contributed by atoms with Crippen molar-refractivity contribution in [3.63, 3.8) is 0 Å². The van der Waals surface area contributed by atoms with E-state index in [-0.39, 0.29) is 0 Å². The molecule has 28 heavy (non-hydrogen) atoms. The van der Waals surface area contributed by atoms with Gasteiger partial charge in [0.15, 0.2) is 11.5 Å². The fourth-order valence-corrected chi connectivity index (χ4v) is 3.47. The molecule has 2 aromatic carbocycles. The molecule has 7 heteroatoms. The molecule has 1 N–H and O–H groups in total. The molecule has 0 spiro atoms. The van der Waals surface area contributed by atoms with Crippen molar-refractivity contribution in [3.05, 3.63) is 52.9 Å². The molecule has 3 rings (SSSR count). The van der Waals surface area contributed by atoms with Crippen LogP contribution in [-0.4, -0.2) is 32.0 Å². The van der Waals surface area contributed by atoms with Gasteiger partial charge in [-0.05, 0) is 61.9 Å². The lowest BCUT2D eigenvalue weighted by molar-refractivity contribution is 0.340. The highest BCUT2D eigenvalue weighted by molar-refractivity contribution is 7.15. The van der Waals surface area contributed by atoms with Crippen LogP contribution in [0.3, 0.4) is 0 Å². The second-order valence-corrected chi connectivity index (χ2v) is 7.07. The Hall–Kier alpha value is -3.06. The van der Waals surface area contributed by atoms with Crippen molar-refractivity contribution >= 4 is 22.7 Å². The van der Waals surface area contributed by atoms with Gasteiger partial charge in [-0.2, -0.15) is 5.10 Å². The first-order valence-electron chi connectivity index (χ1n) is 8.86. The molecule has 0 aliphatic heterocycles. The third kappa shape index (κ3) is 4.61. The van der Waals surface area contributed by atoms with Crippen molar-refractivity contribution in [2.45, 2.75) is 13.8 Å². The quantitative estimate of drug-likeness (QED) is 0.429. The Bertz CT molecular complexity index is 952. The SMILES string of the molecule is CCOc1ccc(-c2nc(N/N=C/c3ccc(OC)c(OC)c3)sc2C)cc1. The van der Waals surface area contributed by atoms with Gasteiger partial charge in [-0.1, -0.05) is 0 Å². The Kier molecular flexibility index (Phi) is 6.49. The number of rotatable bonds is 8. The number of benzene rings is 2. The van der Waals surface area contributed by atoms with Crippen LogP contribution in [0.1, 0.15) is 17.4 Å².